The minimum Gasteiger partial charge on any atom is -0.477 e. The molecule has 2 aliphatic carbocycles. The van der Waals surface area contributed by atoms with Crippen LogP contribution in [0.1, 0.15) is 65.5 Å². The molecule has 1 saturated carbocycles. The van der Waals surface area contributed by atoms with E-state index < -0.39 is 5.97 Å². The molecule has 5 heteroatoms. The number of carbonyl (C=O) groups is 1. The van der Waals surface area contributed by atoms with Crippen LogP contribution in [0.4, 0.5) is 0 Å². The Kier molecular flexibility index (Phi) is 3.33. The molecule has 0 aromatic carbocycles. The lowest BCUT2D eigenvalue weighted by Crippen LogP contribution is -2.29. The zero-order valence-electron chi connectivity index (χ0n) is 12.4. The summed E-state index contributed by atoms with van der Waals surface area (Å²) in [6, 6.07) is 1.79. The molecule has 2 aromatic heterocycles. The maximum Gasteiger partial charge on any atom is 0.352 e. The first-order valence-corrected chi connectivity index (χ1v) is 8.91. The summed E-state index contributed by atoms with van der Waals surface area (Å²) in [5, 5.41) is 10.4. The number of aromatic carboxylic acids is 1. The number of aryl methyl sites for hydroxylation is 2. The molecule has 2 aliphatic rings. The molecule has 4 nitrogen and oxygen atoms in total. The summed E-state index contributed by atoms with van der Waals surface area (Å²) in [7, 11) is 0. The fourth-order valence-corrected chi connectivity index (χ4v) is 5.36. The van der Waals surface area contributed by atoms with Crippen LogP contribution in [0.5, 0.6) is 0 Å². The van der Waals surface area contributed by atoms with Gasteiger partial charge in [-0.2, -0.15) is 0 Å². The van der Waals surface area contributed by atoms with Crippen LogP contribution in [0, 0.1) is 0 Å². The van der Waals surface area contributed by atoms with E-state index >= 15 is 0 Å². The van der Waals surface area contributed by atoms with Gasteiger partial charge in [-0.05, 0) is 50.2 Å². The van der Waals surface area contributed by atoms with Crippen LogP contribution in [-0.4, -0.2) is 15.6 Å². The third-order valence-electron chi connectivity index (χ3n) is 5.07. The second-order valence-corrected chi connectivity index (χ2v) is 7.54. The van der Waals surface area contributed by atoms with E-state index in [1.165, 1.54) is 16.9 Å². The number of hydrogen-bond acceptors (Lipinski definition) is 3. The SMILES string of the molecule is O=C(O)c1cc2sc3c(c2c(=O)n1C1CCCC1)CCCC3. The minimum absolute atomic E-state index is 0.0575. The molecule has 0 radical (unpaired) electrons. The van der Waals surface area contributed by atoms with Gasteiger partial charge in [-0.1, -0.05) is 12.8 Å². The van der Waals surface area contributed by atoms with E-state index in [1.54, 1.807) is 22.0 Å². The maximum absolute atomic E-state index is 13.1. The molecule has 22 heavy (non-hydrogen) atoms. The largest absolute Gasteiger partial charge is 0.477 e. The highest BCUT2D eigenvalue weighted by atomic mass is 32.1. The number of rotatable bonds is 2. The summed E-state index contributed by atoms with van der Waals surface area (Å²) >= 11 is 1.62. The van der Waals surface area contributed by atoms with Crippen molar-refractivity contribution in [1.29, 1.82) is 0 Å². The Morgan fingerprint density at radius 3 is 2.64 bits per heavy atom. The summed E-state index contributed by atoms with van der Waals surface area (Å²) in [4.78, 5) is 26.0. The van der Waals surface area contributed by atoms with Crippen molar-refractivity contribution in [2.75, 3.05) is 0 Å². The van der Waals surface area contributed by atoms with Crippen LogP contribution in [0.3, 0.4) is 0 Å². The van der Waals surface area contributed by atoms with Crippen molar-refractivity contribution < 1.29 is 9.90 Å². The number of hydrogen-bond donors (Lipinski definition) is 1. The molecule has 0 unspecified atom stereocenters. The number of carboxylic acid groups (broad SMARTS) is 1. The van der Waals surface area contributed by atoms with Crippen LogP contribution in [0.25, 0.3) is 10.1 Å². The van der Waals surface area contributed by atoms with Gasteiger partial charge in [-0.15, -0.1) is 11.3 Å². The zero-order valence-corrected chi connectivity index (χ0v) is 13.2. The van der Waals surface area contributed by atoms with Crippen molar-refractivity contribution in [3.63, 3.8) is 0 Å². The summed E-state index contributed by atoms with van der Waals surface area (Å²) in [5.74, 6) is -0.989. The van der Waals surface area contributed by atoms with E-state index in [4.69, 9.17) is 0 Å². The van der Waals surface area contributed by atoms with Gasteiger partial charge < -0.3 is 5.11 Å². The fraction of sp³-hybridized carbons (Fsp3) is 0.529. The summed E-state index contributed by atoms with van der Waals surface area (Å²) in [5.41, 5.74) is 1.30. The summed E-state index contributed by atoms with van der Waals surface area (Å²) in [6.07, 6.45) is 8.27. The molecule has 0 bridgehead atoms. The fourth-order valence-electron chi connectivity index (χ4n) is 4.04. The van der Waals surface area contributed by atoms with E-state index in [9.17, 15) is 14.7 Å². The molecule has 0 saturated heterocycles. The van der Waals surface area contributed by atoms with Crippen LogP contribution in [-0.2, 0) is 12.8 Å². The summed E-state index contributed by atoms with van der Waals surface area (Å²) in [6.45, 7) is 0. The second kappa shape index (κ2) is 5.23. The Morgan fingerprint density at radius 1 is 1.18 bits per heavy atom. The van der Waals surface area contributed by atoms with Gasteiger partial charge in [0.05, 0.1) is 5.39 Å². The van der Waals surface area contributed by atoms with Gasteiger partial charge in [-0.3, -0.25) is 9.36 Å². The third-order valence-corrected chi connectivity index (χ3v) is 6.31. The van der Waals surface area contributed by atoms with Crippen molar-refractivity contribution in [1.82, 2.24) is 4.57 Å². The third kappa shape index (κ3) is 2.02. The van der Waals surface area contributed by atoms with Gasteiger partial charge >= 0.3 is 5.97 Å². The molecule has 2 heterocycles. The maximum atomic E-state index is 13.1. The standard InChI is InChI=1S/C17H19NO3S/c19-16-15-11-7-3-4-8-13(11)22-14(15)9-12(17(20)21)18(16)10-5-1-2-6-10/h9-10H,1-8H2,(H,20,21). The van der Waals surface area contributed by atoms with E-state index in [0.29, 0.717) is 0 Å². The number of pyridine rings is 1. The van der Waals surface area contributed by atoms with E-state index in [-0.39, 0.29) is 17.3 Å². The molecule has 1 N–H and O–H groups in total. The van der Waals surface area contributed by atoms with Gasteiger partial charge in [0.25, 0.3) is 5.56 Å². The van der Waals surface area contributed by atoms with Crippen LogP contribution in [0.2, 0.25) is 0 Å². The van der Waals surface area contributed by atoms with Crippen molar-refractivity contribution in [2.24, 2.45) is 0 Å². The quantitative estimate of drug-likeness (QED) is 0.917. The van der Waals surface area contributed by atoms with Crippen LogP contribution < -0.4 is 5.56 Å². The lowest BCUT2D eigenvalue weighted by molar-refractivity contribution is 0.0681. The molecule has 2 aromatic rings. The normalized spacial score (nSPS) is 18.7. The molecular formula is C17H19NO3S. The zero-order chi connectivity index (χ0) is 15.3. The Bertz CT molecular complexity index is 811. The molecule has 4 rings (SSSR count). The summed E-state index contributed by atoms with van der Waals surface area (Å²) < 4.78 is 2.45. The number of fused-ring (bicyclic) bond motifs is 3. The molecule has 0 amide bonds. The van der Waals surface area contributed by atoms with Gasteiger partial charge in [0.2, 0.25) is 0 Å². The van der Waals surface area contributed by atoms with E-state index in [1.807, 2.05) is 0 Å². The Balaban J connectivity index is 2.03. The van der Waals surface area contributed by atoms with Gasteiger partial charge in [0.15, 0.2) is 0 Å². The van der Waals surface area contributed by atoms with Gasteiger partial charge in [-0.25, -0.2) is 4.79 Å². The minimum atomic E-state index is -0.989. The number of carboxylic acids is 1. The van der Waals surface area contributed by atoms with Gasteiger partial charge in [0, 0.05) is 15.6 Å². The number of thiophene rings is 1. The number of aromatic nitrogens is 1. The molecule has 116 valence electrons. The average molecular weight is 317 g/mol. The second-order valence-electron chi connectivity index (χ2n) is 6.40. The van der Waals surface area contributed by atoms with Crippen LogP contribution in [0.15, 0.2) is 10.9 Å². The molecule has 0 aliphatic heterocycles. The molecule has 0 atom stereocenters. The lowest BCUT2D eigenvalue weighted by atomic mass is 9.96. The smallest absolute Gasteiger partial charge is 0.352 e. The first kappa shape index (κ1) is 14.0. The molecule has 0 spiro atoms. The van der Waals surface area contributed by atoms with Crippen molar-refractivity contribution in [3.05, 3.63) is 32.6 Å². The Morgan fingerprint density at radius 2 is 1.91 bits per heavy atom. The van der Waals surface area contributed by atoms with E-state index in [2.05, 4.69) is 0 Å². The van der Waals surface area contributed by atoms with Crippen molar-refractivity contribution in [3.8, 4) is 0 Å². The topological polar surface area (TPSA) is 59.3 Å². The predicted molar refractivity (Wildman–Crippen MR) is 87.2 cm³/mol. The van der Waals surface area contributed by atoms with Gasteiger partial charge in [0.1, 0.15) is 5.69 Å². The van der Waals surface area contributed by atoms with Crippen molar-refractivity contribution in [2.45, 2.75) is 57.4 Å². The van der Waals surface area contributed by atoms with E-state index in [0.717, 1.165) is 55.0 Å². The number of nitrogens with zero attached hydrogens (tertiary/aromatic N) is 1. The first-order chi connectivity index (χ1) is 10.7. The Hall–Kier alpha value is -1.62. The molecular weight excluding hydrogens is 298 g/mol. The van der Waals surface area contributed by atoms with Crippen LogP contribution >= 0.6 is 11.3 Å². The monoisotopic (exact) mass is 317 g/mol. The highest BCUT2D eigenvalue weighted by molar-refractivity contribution is 7.19. The highest BCUT2D eigenvalue weighted by Gasteiger charge is 2.27. The predicted octanol–water partition coefficient (Wildman–Crippen LogP) is 3.76. The lowest BCUT2D eigenvalue weighted by Gasteiger charge is -2.17. The Labute approximate surface area is 132 Å². The first-order valence-electron chi connectivity index (χ1n) is 8.10. The average Bonchev–Trinajstić information content (AvgIpc) is 3.13. The highest BCUT2D eigenvalue weighted by Crippen LogP contribution is 2.37. The molecule has 1 fully saturated rings. The van der Waals surface area contributed by atoms with Crippen molar-refractivity contribution >= 4 is 27.4 Å².